The van der Waals surface area contributed by atoms with Gasteiger partial charge in [0.2, 0.25) is 11.9 Å². The van der Waals surface area contributed by atoms with Gasteiger partial charge >= 0.3 is 0 Å². The normalized spacial score (nSPS) is 25.2. The minimum absolute atomic E-state index is 0.0480. The summed E-state index contributed by atoms with van der Waals surface area (Å²) in [6.45, 7) is 4.09. The number of hydrogen-bond acceptors (Lipinski definition) is 4. The van der Waals surface area contributed by atoms with Crippen LogP contribution in [-0.4, -0.2) is 47.5 Å². The Balaban J connectivity index is 1.96. The second-order valence-electron chi connectivity index (χ2n) is 6.89. The molecule has 0 saturated carbocycles. The van der Waals surface area contributed by atoms with Crippen molar-refractivity contribution in [2.24, 2.45) is 4.99 Å². The number of furan rings is 1. The van der Waals surface area contributed by atoms with E-state index in [0.717, 1.165) is 29.7 Å². The Labute approximate surface area is 148 Å². The molecular formula is C19H24N4O2. The number of guanidine groups is 1. The number of carbonyl (C=O) groups is 1. The van der Waals surface area contributed by atoms with Crippen molar-refractivity contribution >= 4 is 23.7 Å². The number of nitrogens with zero attached hydrogens (tertiary/aromatic N) is 3. The Bertz CT molecular complexity index is 788. The molecule has 0 radical (unpaired) electrons. The highest BCUT2D eigenvalue weighted by Crippen LogP contribution is 2.36. The first-order valence-corrected chi connectivity index (χ1v) is 8.40. The van der Waals surface area contributed by atoms with Crippen molar-refractivity contribution in [2.45, 2.75) is 38.6 Å². The largest absolute Gasteiger partial charge is 0.465 e. The number of nitrogens with one attached hydrogen (secondary N) is 1. The average molecular weight is 340 g/mol. The number of hydrogen-bond donors (Lipinski definition) is 1. The van der Waals surface area contributed by atoms with E-state index in [-0.39, 0.29) is 11.9 Å². The molecule has 0 aliphatic carbocycles. The molecule has 0 bridgehead atoms. The number of carbonyl (C=O) groups excluding carboxylic acids is 1. The lowest BCUT2D eigenvalue weighted by Crippen LogP contribution is -2.61. The summed E-state index contributed by atoms with van der Waals surface area (Å²) in [4.78, 5) is 20.1. The third kappa shape index (κ3) is 2.92. The zero-order valence-corrected chi connectivity index (χ0v) is 15.2. The molecule has 1 aromatic heterocycles. The Morgan fingerprint density at radius 2 is 2.08 bits per heavy atom. The van der Waals surface area contributed by atoms with Gasteiger partial charge in [-0.1, -0.05) is 5.57 Å². The number of likely N-dealkylation sites (N-methyl/N-ethyl adjacent to an activating group) is 1. The predicted molar refractivity (Wildman–Crippen MR) is 98.4 cm³/mol. The fourth-order valence-electron chi connectivity index (χ4n) is 3.46. The van der Waals surface area contributed by atoms with Crippen molar-refractivity contribution in [3.05, 3.63) is 41.5 Å². The molecule has 0 aromatic carbocycles. The third-order valence-electron chi connectivity index (χ3n) is 5.33. The summed E-state index contributed by atoms with van der Waals surface area (Å²) in [6.07, 6.45) is 7.34. The molecule has 132 valence electrons. The van der Waals surface area contributed by atoms with Crippen molar-refractivity contribution < 1.29 is 9.21 Å². The average Bonchev–Trinajstić information content (AvgIpc) is 3.09. The second kappa shape index (κ2) is 6.35. The van der Waals surface area contributed by atoms with E-state index in [9.17, 15) is 4.79 Å². The summed E-state index contributed by atoms with van der Waals surface area (Å²) in [7, 11) is 3.51. The first-order valence-electron chi connectivity index (χ1n) is 8.40. The zero-order valence-electron chi connectivity index (χ0n) is 15.2. The molecule has 3 heterocycles. The molecule has 6 nitrogen and oxygen atoms in total. The van der Waals surface area contributed by atoms with Gasteiger partial charge in [0.25, 0.3) is 0 Å². The fraction of sp³-hybridized carbons (Fsp3) is 0.421. The van der Waals surface area contributed by atoms with Gasteiger partial charge in [0.05, 0.1) is 18.2 Å². The summed E-state index contributed by atoms with van der Waals surface area (Å²) < 4.78 is 5.48. The third-order valence-corrected chi connectivity index (χ3v) is 5.33. The summed E-state index contributed by atoms with van der Waals surface area (Å²) >= 11 is 0. The Kier molecular flexibility index (Phi) is 4.37. The molecule has 25 heavy (non-hydrogen) atoms. The highest BCUT2D eigenvalue weighted by molar-refractivity contribution is 6.01. The van der Waals surface area contributed by atoms with Gasteiger partial charge in [0.1, 0.15) is 5.76 Å². The van der Waals surface area contributed by atoms with E-state index < -0.39 is 5.54 Å². The summed E-state index contributed by atoms with van der Waals surface area (Å²) in [6, 6.07) is 3.81. The standard InChI is InChI=1S/C19H24N4O2/c1-13-7-8-14(16-6-5-9-25-16)11-21-12-15(13)19(2)10-17(24)22(3)18(20)23(19)4/h5-6,9,11-12,20H,7-8,10H2,1-4H3/t19-/m0/s1. The molecule has 3 rings (SSSR count). The van der Waals surface area contributed by atoms with Crippen LogP contribution in [0.3, 0.4) is 0 Å². The summed E-state index contributed by atoms with van der Waals surface area (Å²) in [5.41, 5.74) is 2.69. The molecule has 2 aliphatic heterocycles. The van der Waals surface area contributed by atoms with Gasteiger partial charge < -0.3 is 9.32 Å². The van der Waals surface area contributed by atoms with Crippen molar-refractivity contribution in [3.8, 4) is 0 Å². The van der Waals surface area contributed by atoms with Gasteiger partial charge in [0.15, 0.2) is 0 Å². The van der Waals surface area contributed by atoms with E-state index in [0.29, 0.717) is 6.42 Å². The van der Waals surface area contributed by atoms with Crippen LogP contribution >= 0.6 is 0 Å². The Morgan fingerprint density at radius 1 is 1.32 bits per heavy atom. The van der Waals surface area contributed by atoms with Crippen molar-refractivity contribution in [2.75, 3.05) is 14.1 Å². The van der Waals surface area contributed by atoms with Crippen LogP contribution in [0.15, 0.2) is 45.2 Å². The maximum Gasteiger partial charge on any atom is 0.231 e. The van der Waals surface area contributed by atoms with E-state index in [1.54, 1.807) is 13.3 Å². The number of allylic oxidation sites excluding steroid dienone is 2. The van der Waals surface area contributed by atoms with Crippen molar-refractivity contribution in [1.29, 1.82) is 5.41 Å². The van der Waals surface area contributed by atoms with Crippen LogP contribution in [0.4, 0.5) is 0 Å². The maximum atomic E-state index is 12.3. The Morgan fingerprint density at radius 3 is 2.76 bits per heavy atom. The molecule has 0 unspecified atom stereocenters. The van der Waals surface area contributed by atoms with Gasteiger partial charge in [-0.15, -0.1) is 0 Å². The van der Waals surface area contributed by atoms with Gasteiger partial charge in [0, 0.05) is 32.1 Å². The quantitative estimate of drug-likeness (QED) is 0.898. The molecule has 1 fully saturated rings. The highest BCUT2D eigenvalue weighted by atomic mass is 16.3. The first-order chi connectivity index (χ1) is 11.8. The number of amides is 1. The first kappa shape index (κ1) is 17.2. The molecule has 6 heteroatoms. The molecule has 1 atom stereocenters. The SMILES string of the molecule is CC1=C([C@]2(C)CC(=O)N(C)C(=N)N2C)C=NC=C(c2ccco2)CC1. The summed E-state index contributed by atoms with van der Waals surface area (Å²) in [5, 5.41) is 8.24. The lowest BCUT2D eigenvalue weighted by molar-refractivity contribution is -0.130. The molecule has 1 saturated heterocycles. The van der Waals surface area contributed by atoms with Gasteiger partial charge in [-0.2, -0.15) is 0 Å². The molecule has 1 aromatic rings. The second-order valence-corrected chi connectivity index (χ2v) is 6.89. The monoisotopic (exact) mass is 340 g/mol. The van der Waals surface area contributed by atoms with Crippen LogP contribution < -0.4 is 0 Å². The molecule has 1 N–H and O–H groups in total. The van der Waals surface area contributed by atoms with E-state index in [4.69, 9.17) is 9.83 Å². The predicted octanol–water partition coefficient (Wildman–Crippen LogP) is 3.29. The minimum Gasteiger partial charge on any atom is -0.465 e. The van der Waals surface area contributed by atoms with Crippen molar-refractivity contribution in [3.63, 3.8) is 0 Å². The van der Waals surface area contributed by atoms with Crippen molar-refractivity contribution in [1.82, 2.24) is 9.80 Å². The number of rotatable bonds is 2. The van der Waals surface area contributed by atoms with Gasteiger partial charge in [-0.05, 0) is 44.4 Å². The number of aliphatic imine (C=N–C) groups is 1. The lowest BCUT2D eigenvalue weighted by atomic mass is 9.81. The minimum atomic E-state index is -0.565. The molecule has 1 amide bonds. The van der Waals surface area contributed by atoms with E-state index in [2.05, 4.69) is 11.9 Å². The Hall–Kier alpha value is -2.63. The fourth-order valence-corrected chi connectivity index (χ4v) is 3.46. The van der Waals surface area contributed by atoms with Gasteiger partial charge in [-0.3, -0.25) is 20.1 Å². The van der Waals surface area contributed by atoms with Crippen LogP contribution in [0.25, 0.3) is 5.57 Å². The van der Waals surface area contributed by atoms with E-state index in [1.807, 2.05) is 43.4 Å². The van der Waals surface area contributed by atoms with Crippen LogP contribution in [-0.2, 0) is 4.79 Å². The molecule has 0 spiro atoms. The van der Waals surface area contributed by atoms with Crippen LogP contribution in [0, 0.1) is 5.41 Å². The maximum absolute atomic E-state index is 12.3. The van der Waals surface area contributed by atoms with E-state index in [1.165, 1.54) is 10.5 Å². The smallest absolute Gasteiger partial charge is 0.231 e. The van der Waals surface area contributed by atoms with Crippen LogP contribution in [0.2, 0.25) is 0 Å². The highest BCUT2D eigenvalue weighted by Gasteiger charge is 2.44. The van der Waals surface area contributed by atoms with Crippen LogP contribution in [0.1, 0.15) is 38.9 Å². The molecular weight excluding hydrogens is 316 g/mol. The van der Waals surface area contributed by atoms with E-state index >= 15 is 0 Å². The zero-order chi connectivity index (χ0) is 18.2. The molecule has 2 aliphatic rings. The lowest BCUT2D eigenvalue weighted by Gasteiger charge is -2.47. The summed E-state index contributed by atoms with van der Waals surface area (Å²) in [5.74, 6) is 1.00. The topological polar surface area (TPSA) is 72.9 Å². The van der Waals surface area contributed by atoms with Crippen LogP contribution in [0.5, 0.6) is 0 Å². The van der Waals surface area contributed by atoms with Gasteiger partial charge in [-0.25, -0.2) is 0 Å².